The van der Waals surface area contributed by atoms with Crippen molar-refractivity contribution < 1.29 is 39.3 Å². The maximum Gasteiger partial charge on any atom is 0.245 e. The minimum atomic E-state index is -1.46. The fourth-order valence-electron chi connectivity index (χ4n) is 4.00. The van der Waals surface area contributed by atoms with E-state index in [-0.39, 0.29) is 50.2 Å². The molecule has 252 valence electrons. The van der Waals surface area contributed by atoms with Crippen molar-refractivity contribution in [2.75, 3.05) is 32.8 Å². The molecule has 0 saturated carbocycles. The molecule has 5 atom stereocenters. The SMILES string of the molecule is CC[C@H](C)[C@H](NC(=O)[C@@H](N)Cc1ccc(O)cc1)C(=O)NCC(=O)N[C@@H](CO)C(=O)N[C@@H](CCCN=C(N)N)C(=O)NCCO. The molecule has 17 nitrogen and oxygen atoms in total. The summed E-state index contributed by atoms with van der Waals surface area (Å²) >= 11 is 0. The summed E-state index contributed by atoms with van der Waals surface area (Å²) in [6.07, 6.45) is 1.11. The average Bonchev–Trinajstić information content (AvgIpc) is 3.01. The number of rotatable bonds is 20. The maximum atomic E-state index is 13.0. The third-order valence-electron chi connectivity index (χ3n) is 6.77. The van der Waals surface area contributed by atoms with Crippen LogP contribution in [0.3, 0.4) is 0 Å². The topological polar surface area (TPSA) is 297 Å². The molecule has 0 aliphatic heterocycles. The Bertz CT molecular complexity index is 1150. The first-order valence-electron chi connectivity index (χ1n) is 14.6. The van der Waals surface area contributed by atoms with Crippen LogP contribution in [0.2, 0.25) is 0 Å². The normalized spacial score (nSPS) is 14.1. The van der Waals surface area contributed by atoms with E-state index in [1.54, 1.807) is 19.1 Å². The summed E-state index contributed by atoms with van der Waals surface area (Å²) in [5.74, 6) is -3.91. The summed E-state index contributed by atoms with van der Waals surface area (Å²) in [6, 6.07) is 1.65. The predicted octanol–water partition coefficient (Wildman–Crippen LogP) is -3.97. The van der Waals surface area contributed by atoms with Crippen molar-refractivity contribution in [1.82, 2.24) is 26.6 Å². The highest BCUT2D eigenvalue weighted by Crippen LogP contribution is 2.12. The average molecular weight is 638 g/mol. The Morgan fingerprint density at radius 3 is 2.13 bits per heavy atom. The van der Waals surface area contributed by atoms with E-state index >= 15 is 0 Å². The van der Waals surface area contributed by atoms with Crippen LogP contribution in [0.5, 0.6) is 5.75 Å². The van der Waals surface area contributed by atoms with Crippen molar-refractivity contribution in [2.24, 2.45) is 28.1 Å². The fourth-order valence-corrected chi connectivity index (χ4v) is 4.00. The van der Waals surface area contributed by atoms with Crippen LogP contribution in [0.25, 0.3) is 0 Å². The standard InChI is InChI=1S/C28H47N9O8/c1-3-16(2)23(37-24(42)19(29)13-17-6-8-18(40)9-7-17)27(45)34-14-22(41)35-21(15-39)26(44)36-20(25(43)32-11-12-38)5-4-10-33-28(30)31/h6-9,16,19-21,23,38-40H,3-5,10-15,29H2,1-2H3,(H,32,43)(H,34,45)(H,35,41)(H,36,44)(H,37,42)(H4,30,31,33)/t16-,19-,20-,21-,23-/m0/s1. The molecule has 0 aromatic heterocycles. The number of aromatic hydroxyl groups is 1. The van der Waals surface area contributed by atoms with Gasteiger partial charge in [0.2, 0.25) is 29.5 Å². The number of aliphatic hydroxyl groups is 2. The molecular formula is C28H47N9O8. The molecule has 0 saturated heterocycles. The van der Waals surface area contributed by atoms with Crippen LogP contribution < -0.4 is 43.8 Å². The fraction of sp³-hybridized carbons (Fsp3) is 0.571. The number of amides is 5. The molecular weight excluding hydrogens is 590 g/mol. The Morgan fingerprint density at radius 2 is 1.56 bits per heavy atom. The number of carbonyl (C=O) groups excluding carboxylic acids is 5. The number of nitrogens with zero attached hydrogens (tertiary/aromatic N) is 1. The number of benzene rings is 1. The molecule has 0 heterocycles. The van der Waals surface area contributed by atoms with E-state index in [4.69, 9.17) is 22.3 Å². The van der Waals surface area contributed by atoms with Gasteiger partial charge < -0.3 is 59.1 Å². The summed E-state index contributed by atoms with van der Waals surface area (Å²) in [4.78, 5) is 67.4. The van der Waals surface area contributed by atoms with Crippen molar-refractivity contribution in [3.63, 3.8) is 0 Å². The Hall–Kier alpha value is -4.48. The van der Waals surface area contributed by atoms with Gasteiger partial charge in [-0.3, -0.25) is 29.0 Å². The lowest BCUT2D eigenvalue weighted by atomic mass is 9.97. The number of nitrogens with one attached hydrogen (secondary N) is 5. The molecule has 0 unspecified atom stereocenters. The van der Waals surface area contributed by atoms with Crippen LogP contribution in [0.15, 0.2) is 29.3 Å². The highest BCUT2D eigenvalue weighted by Gasteiger charge is 2.29. The zero-order chi connectivity index (χ0) is 33.9. The number of guanidine groups is 1. The number of phenols is 1. The van der Waals surface area contributed by atoms with Gasteiger partial charge in [0.1, 0.15) is 23.9 Å². The highest BCUT2D eigenvalue weighted by atomic mass is 16.3. The zero-order valence-corrected chi connectivity index (χ0v) is 25.6. The molecule has 1 aromatic rings. The molecule has 17 heteroatoms. The molecule has 14 N–H and O–H groups in total. The Balaban J connectivity index is 2.77. The van der Waals surface area contributed by atoms with E-state index < -0.39 is 66.9 Å². The minimum Gasteiger partial charge on any atom is -0.508 e. The van der Waals surface area contributed by atoms with E-state index in [9.17, 15) is 34.2 Å². The van der Waals surface area contributed by atoms with Gasteiger partial charge in [-0.05, 0) is 42.9 Å². The van der Waals surface area contributed by atoms with Crippen molar-refractivity contribution in [2.45, 2.75) is 63.7 Å². The molecule has 0 spiro atoms. The quantitative estimate of drug-likeness (QED) is 0.0372. The van der Waals surface area contributed by atoms with Crippen LogP contribution in [-0.2, 0) is 30.4 Å². The number of nitrogens with two attached hydrogens (primary N) is 3. The summed E-state index contributed by atoms with van der Waals surface area (Å²) in [5, 5.41) is 40.4. The van der Waals surface area contributed by atoms with Crippen molar-refractivity contribution >= 4 is 35.5 Å². The van der Waals surface area contributed by atoms with Gasteiger partial charge in [0, 0.05) is 13.1 Å². The lowest BCUT2D eigenvalue weighted by molar-refractivity contribution is -0.134. The van der Waals surface area contributed by atoms with Crippen LogP contribution >= 0.6 is 0 Å². The lowest BCUT2D eigenvalue weighted by Gasteiger charge is -2.25. The first-order chi connectivity index (χ1) is 21.3. The smallest absolute Gasteiger partial charge is 0.245 e. The van der Waals surface area contributed by atoms with Crippen LogP contribution in [0.4, 0.5) is 0 Å². The van der Waals surface area contributed by atoms with Crippen LogP contribution in [-0.4, -0.2) is 108 Å². The van der Waals surface area contributed by atoms with Crippen LogP contribution in [0, 0.1) is 5.92 Å². The molecule has 0 radical (unpaired) electrons. The number of hydrogen-bond donors (Lipinski definition) is 11. The molecule has 45 heavy (non-hydrogen) atoms. The third kappa shape index (κ3) is 14.7. The van der Waals surface area contributed by atoms with Crippen molar-refractivity contribution in [1.29, 1.82) is 0 Å². The lowest BCUT2D eigenvalue weighted by Crippen LogP contribution is -2.57. The first kappa shape index (κ1) is 38.5. The second-order valence-corrected chi connectivity index (χ2v) is 10.4. The summed E-state index contributed by atoms with van der Waals surface area (Å²) in [5.41, 5.74) is 17.3. The third-order valence-corrected chi connectivity index (χ3v) is 6.77. The van der Waals surface area contributed by atoms with Gasteiger partial charge in [-0.2, -0.15) is 0 Å². The van der Waals surface area contributed by atoms with Crippen molar-refractivity contribution in [3.8, 4) is 5.75 Å². The second-order valence-electron chi connectivity index (χ2n) is 10.4. The monoisotopic (exact) mass is 637 g/mol. The Labute approximate surface area is 261 Å². The summed E-state index contributed by atoms with van der Waals surface area (Å²) in [6.45, 7) is 1.98. The Kier molecular flexibility index (Phi) is 17.5. The molecule has 0 bridgehead atoms. The van der Waals surface area contributed by atoms with E-state index in [0.29, 0.717) is 18.4 Å². The molecule has 0 aliphatic carbocycles. The molecule has 1 rings (SSSR count). The first-order valence-corrected chi connectivity index (χ1v) is 14.6. The van der Waals surface area contributed by atoms with Gasteiger partial charge in [0.25, 0.3) is 0 Å². The number of carbonyl (C=O) groups is 5. The molecule has 5 amide bonds. The van der Waals surface area contributed by atoms with E-state index in [1.165, 1.54) is 12.1 Å². The van der Waals surface area contributed by atoms with E-state index in [2.05, 4.69) is 31.6 Å². The number of phenolic OH excluding ortho intramolecular Hbond substituents is 1. The van der Waals surface area contributed by atoms with Gasteiger partial charge in [-0.15, -0.1) is 0 Å². The van der Waals surface area contributed by atoms with Gasteiger partial charge in [-0.25, -0.2) is 0 Å². The molecule has 0 fully saturated rings. The van der Waals surface area contributed by atoms with E-state index in [1.807, 2.05) is 6.92 Å². The minimum absolute atomic E-state index is 0.0541. The summed E-state index contributed by atoms with van der Waals surface area (Å²) < 4.78 is 0. The number of aliphatic hydroxyl groups excluding tert-OH is 2. The zero-order valence-electron chi connectivity index (χ0n) is 25.6. The second kappa shape index (κ2) is 20.5. The van der Waals surface area contributed by atoms with Crippen LogP contribution in [0.1, 0.15) is 38.7 Å². The molecule has 0 aliphatic rings. The number of hydrogen-bond acceptors (Lipinski definition) is 10. The van der Waals surface area contributed by atoms with Gasteiger partial charge in [-0.1, -0.05) is 32.4 Å². The predicted molar refractivity (Wildman–Crippen MR) is 165 cm³/mol. The Morgan fingerprint density at radius 1 is 0.889 bits per heavy atom. The highest BCUT2D eigenvalue weighted by molar-refractivity contribution is 5.94. The van der Waals surface area contributed by atoms with Gasteiger partial charge in [0.15, 0.2) is 5.96 Å². The maximum absolute atomic E-state index is 13.0. The molecule has 1 aromatic carbocycles. The van der Waals surface area contributed by atoms with Crippen molar-refractivity contribution in [3.05, 3.63) is 29.8 Å². The summed E-state index contributed by atoms with van der Waals surface area (Å²) in [7, 11) is 0. The largest absolute Gasteiger partial charge is 0.508 e. The van der Waals surface area contributed by atoms with Gasteiger partial charge >= 0.3 is 0 Å². The van der Waals surface area contributed by atoms with Gasteiger partial charge in [0.05, 0.1) is 25.8 Å². The van der Waals surface area contributed by atoms with E-state index in [0.717, 1.165) is 0 Å². The number of aliphatic imine (C=N–C) groups is 1.